The van der Waals surface area contributed by atoms with E-state index in [1.807, 2.05) is 12.1 Å². The van der Waals surface area contributed by atoms with Crippen LogP contribution in [0.4, 0.5) is 11.4 Å². The van der Waals surface area contributed by atoms with Gasteiger partial charge >= 0.3 is 0 Å². The fourth-order valence-corrected chi connectivity index (χ4v) is 3.26. The number of benzene rings is 2. The molecular formula is C20H27ClN4. The lowest BCUT2D eigenvalue weighted by Gasteiger charge is -2.29. The van der Waals surface area contributed by atoms with Crippen molar-refractivity contribution in [3.05, 3.63) is 59.6 Å². The molecule has 25 heavy (non-hydrogen) atoms. The van der Waals surface area contributed by atoms with Crippen molar-refractivity contribution in [1.82, 2.24) is 10.6 Å². The summed E-state index contributed by atoms with van der Waals surface area (Å²) in [6.45, 7) is 8.78. The average Bonchev–Trinajstić information content (AvgIpc) is 2.71. The van der Waals surface area contributed by atoms with Gasteiger partial charge in [0.25, 0.3) is 0 Å². The zero-order valence-electron chi connectivity index (χ0n) is 14.6. The van der Waals surface area contributed by atoms with E-state index in [4.69, 9.17) is 11.6 Å². The van der Waals surface area contributed by atoms with Gasteiger partial charge in [0, 0.05) is 68.8 Å². The molecule has 134 valence electrons. The van der Waals surface area contributed by atoms with Crippen molar-refractivity contribution in [2.75, 3.05) is 62.2 Å². The third-order valence-electron chi connectivity index (χ3n) is 4.55. The summed E-state index contributed by atoms with van der Waals surface area (Å²) in [5, 5.41) is 7.48. The van der Waals surface area contributed by atoms with Crippen LogP contribution in [0.2, 0.25) is 5.02 Å². The van der Waals surface area contributed by atoms with Gasteiger partial charge in [-0.05, 0) is 36.4 Å². The molecule has 0 spiro atoms. The fraction of sp³-hybridized carbons (Fsp3) is 0.400. The van der Waals surface area contributed by atoms with Crippen LogP contribution in [0.1, 0.15) is 0 Å². The molecule has 0 radical (unpaired) electrons. The van der Waals surface area contributed by atoms with Gasteiger partial charge in [-0.1, -0.05) is 29.8 Å². The molecule has 0 aromatic heterocycles. The topological polar surface area (TPSA) is 30.5 Å². The smallest absolute Gasteiger partial charge is 0.0407 e. The molecule has 2 fully saturated rings. The second-order valence-corrected chi connectivity index (χ2v) is 6.72. The van der Waals surface area contributed by atoms with Crippen LogP contribution in [-0.4, -0.2) is 52.4 Å². The summed E-state index contributed by atoms with van der Waals surface area (Å²) in [7, 11) is 0. The van der Waals surface area contributed by atoms with Crippen molar-refractivity contribution in [3.8, 4) is 0 Å². The molecule has 0 bridgehead atoms. The Balaban J connectivity index is 0.000000146. The van der Waals surface area contributed by atoms with Crippen LogP contribution in [0.25, 0.3) is 0 Å². The van der Waals surface area contributed by atoms with E-state index in [1.165, 1.54) is 11.4 Å². The van der Waals surface area contributed by atoms with Gasteiger partial charge in [-0.25, -0.2) is 0 Å². The van der Waals surface area contributed by atoms with Crippen LogP contribution < -0.4 is 20.4 Å². The van der Waals surface area contributed by atoms with Gasteiger partial charge in [0.2, 0.25) is 0 Å². The maximum atomic E-state index is 5.82. The van der Waals surface area contributed by atoms with Crippen molar-refractivity contribution in [3.63, 3.8) is 0 Å². The Morgan fingerprint density at radius 2 is 1.04 bits per heavy atom. The number of hydrogen-bond donors (Lipinski definition) is 2. The van der Waals surface area contributed by atoms with Crippen LogP contribution in [0, 0.1) is 0 Å². The highest BCUT2D eigenvalue weighted by atomic mass is 35.5. The van der Waals surface area contributed by atoms with Crippen molar-refractivity contribution in [1.29, 1.82) is 0 Å². The third-order valence-corrected chi connectivity index (χ3v) is 4.80. The zero-order chi connectivity index (χ0) is 17.3. The van der Waals surface area contributed by atoms with Crippen LogP contribution in [0.15, 0.2) is 54.6 Å². The first kappa shape index (κ1) is 18.1. The average molecular weight is 359 g/mol. The molecule has 4 nitrogen and oxygen atoms in total. The van der Waals surface area contributed by atoms with Gasteiger partial charge in [0.1, 0.15) is 0 Å². The normalized spacial score (nSPS) is 17.6. The number of anilines is 2. The van der Waals surface area contributed by atoms with Gasteiger partial charge < -0.3 is 20.4 Å². The lowest BCUT2D eigenvalue weighted by atomic mass is 10.2. The molecule has 2 saturated heterocycles. The van der Waals surface area contributed by atoms with Crippen molar-refractivity contribution in [2.24, 2.45) is 0 Å². The summed E-state index contributed by atoms with van der Waals surface area (Å²) in [5.74, 6) is 0. The van der Waals surface area contributed by atoms with Gasteiger partial charge in [-0.3, -0.25) is 0 Å². The first-order valence-corrected chi connectivity index (χ1v) is 9.43. The first-order chi connectivity index (χ1) is 12.3. The second kappa shape index (κ2) is 9.66. The lowest BCUT2D eigenvalue weighted by molar-refractivity contribution is 0.589. The summed E-state index contributed by atoms with van der Waals surface area (Å²) in [5.41, 5.74) is 2.62. The molecular weight excluding hydrogens is 332 g/mol. The molecule has 2 aliphatic heterocycles. The Hall–Kier alpha value is -1.75. The van der Waals surface area contributed by atoms with Crippen LogP contribution >= 0.6 is 11.6 Å². The van der Waals surface area contributed by atoms with Crippen molar-refractivity contribution >= 4 is 23.0 Å². The summed E-state index contributed by atoms with van der Waals surface area (Å²) in [4.78, 5) is 4.78. The van der Waals surface area contributed by atoms with E-state index in [0.29, 0.717) is 0 Å². The summed E-state index contributed by atoms with van der Waals surface area (Å²) < 4.78 is 0. The second-order valence-electron chi connectivity index (χ2n) is 6.29. The number of nitrogens with zero attached hydrogens (tertiary/aromatic N) is 2. The third kappa shape index (κ3) is 5.63. The minimum atomic E-state index is 0.805. The van der Waals surface area contributed by atoms with Crippen LogP contribution in [0.3, 0.4) is 0 Å². The zero-order valence-corrected chi connectivity index (χ0v) is 15.4. The first-order valence-electron chi connectivity index (χ1n) is 9.05. The molecule has 2 aromatic carbocycles. The summed E-state index contributed by atoms with van der Waals surface area (Å²) >= 11 is 5.82. The summed E-state index contributed by atoms with van der Waals surface area (Å²) in [6, 6.07) is 18.6. The maximum absolute atomic E-state index is 5.82. The number of nitrogens with one attached hydrogen (secondary N) is 2. The molecule has 2 N–H and O–H groups in total. The number of hydrogen-bond acceptors (Lipinski definition) is 4. The molecule has 5 heteroatoms. The molecule has 2 aliphatic rings. The van der Waals surface area contributed by atoms with Gasteiger partial charge in [0.05, 0.1) is 0 Å². The monoisotopic (exact) mass is 358 g/mol. The van der Waals surface area contributed by atoms with E-state index >= 15 is 0 Å². The van der Waals surface area contributed by atoms with E-state index < -0.39 is 0 Å². The predicted molar refractivity (Wildman–Crippen MR) is 108 cm³/mol. The van der Waals surface area contributed by atoms with Gasteiger partial charge in [0.15, 0.2) is 0 Å². The standard InChI is InChI=1S/C10H13ClN2.C10H14N2/c11-9-1-3-10(4-2-9)13-7-5-12-6-8-13;1-2-4-10(5-3-1)12-8-6-11-7-9-12/h1-4,12H,5-8H2;1-5,11H,6-9H2. The Morgan fingerprint density at radius 3 is 1.52 bits per heavy atom. The number of halogens is 1. The Kier molecular flexibility index (Phi) is 6.98. The minimum absolute atomic E-state index is 0.805. The molecule has 2 aromatic rings. The van der Waals surface area contributed by atoms with Crippen LogP contribution in [0.5, 0.6) is 0 Å². The predicted octanol–water partition coefficient (Wildman–Crippen LogP) is 2.85. The Bertz CT molecular complexity index is 605. The highest BCUT2D eigenvalue weighted by Gasteiger charge is 2.09. The highest BCUT2D eigenvalue weighted by Crippen LogP contribution is 2.18. The van der Waals surface area contributed by atoms with Crippen LogP contribution in [-0.2, 0) is 0 Å². The number of para-hydroxylation sites is 1. The quantitative estimate of drug-likeness (QED) is 0.864. The lowest BCUT2D eigenvalue weighted by Crippen LogP contribution is -2.43. The number of piperazine rings is 2. The van der Waals surface area contributed by atoms with E-state index in [-0.39, 0.29) is 0 Å². The molecule has 2 heterocycles. The summed E-state index contributed by atoms with van der Waals surface area (Å²) in [6.07, 6.45) is 0. The minimum Gasteiger partial charge on any atom is -0.369 e. The molecule has 0 saturated carbocycles. The highest BCUT2D eigenvalue weighted by molar-refractivity contribution is 6.30. The van der Waals surface area contributed by atoms with E-state index in [2.05, 4.69) is 62.9 Å². The molecule has 0 atom stereocenters. The van der Waals surface area contributed by atoms with E-state index in [1.54, 1.807) is 0 Å². The Morgan fingerprint density at radius 1 is 0.600 bits per heavy atom. The molecule has 4 rings (SSSR count). The van der Waals surface area contributed by atoms with Gasteiger partial charge in [-0.15, -0.1) is 0 Å². The largest absolute Gasteiger partial charge is 0.369 e. The van der Waals surface area contributed by atoms with Crippen molar-refractivity contribution in [2.45, 2.75) is 0 Å². The SMILES string of the molecule is Clc1ccc(N2CCNCC2)cc1.c1ccc(N2CCNCC2)cc1. The molecule has 0 unspecified atom stereocenters. The maximum Gasteiger partial charge on any atom is 0.0407 e. The molecule has 0 amide bonds. The molecule has 0 aliphatic carbocycles. The van der Waals surface area contributed by atoms with Gasteiger partial charge in [-0.2, -0.15) is 0 Å². The van der Waals surface area contributed by atoms with E-state index in [0.717, 1.165) is 57.4 Å². The Labute approximate surface area is 155 Å². The number of rotatable bonds is 2. The van der Waals surface area contributed by atoms with E-state index in [9.17, 15) is 0 Å². The fourth-order valence-electron chi connectivity index (χ4n) is 3.14. The van der Waals surface area contributed by atoms with Crippen molar-refractivity contribution < 1.29 is 0 Å².